The third-order valence-electron chi connectivity index (χ3n) is 5.11. The Labute approximate surface area is 124 Å². The summed E-state index contributed by atoms with van der Waals surface area (Å²) in [7, 11) is 0. The molecule has 3 fully saturated rings. The quantitative estimate of drug-likeness (QED) is 0.920. The summed E-state index contributed by atoms with van der Waals surface area (Å²) in [5.41, 5.74) is 1.85. The zero-order valence-corrected chi connectivity index (χ0v) is 12.2. The summed E-state index contributed by atoms with van der Waals surface area (Å²) in [6.45, 7) is 1.98. The Bertz CT molecular complexity index is 544. The van der Waals surface area contributed by atoms with Crippen LogP contribution in [0.1, 0.15) is 31.2 Å². The summed E-state index contributed by atoms with van der Waals surface area (Å²) >= 11 is 0. The summed E-state index contributed by atoms with van der Waals surface area (Å²) in [6, 6.07) is 7.56. The zero-order valence-electron chi connectivity index (χ0n) is 12.2. The van der Waals surface area contributed by atoms with Crippen LogP contribution in [0.3, 0.4) is 0 Å². The molecule has 1 amide bonds. The molecular weight excluding hydrogens is 266 g/mol. The molecule has 4 heteroatoms. The molecule has 0 aliphatic heterocycles. The highest BCUT2D eigenvalue weighted by molar-refractivity contribution is 5.95. The number of aliphatic carboxylic acids is 1. The molecule has 0 saturated heterocycles. The fourth-order valence-electron chi connectivity index (χ4n) is 4.03. The van der Waals surface area contributed by atoms with Gasteiger partial charge in [-0.3, -0.25) is 4.79 Å². The van der Waals surface area contributed by atoms with Gasteiger partial charge in [-0.2, -0.15) is 0 Å². The Hall–Kier alpha value is -1.84. The van der Waals surface area contributed by atoms with Gasteiger partial charge < -0.3 is 15.2 Å². The number of carbonyl (C=O) groups excluding carboxylic acids is 2. The summed E-state index contributed by atoms with van der Waals surface area (Å²) in [5.74, 6) is -2.00. The monoisotopic (exact) mass is 286 g/mol. The van der Waals surface area contributed by atoms with Gasteiger partial charge in [-0.15, -0.1) is 0 Å². The lowest BCUT2D eigenvalue weighted by Gasteiger charge is -2.48. The minimum absolute atomic E-state index is 0.105. The van der Waals surface area contributed by atoms with E-state index in [4.69, 9.17) is 0 Å². The van der Waals surface area contributed by atoms with Gasteiger partial charge in [0.25, 0.3) is 0 Å². The lowest BCUT2D eigenvalue weighted by atomic mass is 9.58. The van der Waals surface area contributed by atoms with Crippen molar-refractivity contribution in [2.24, 2.45) is 23.7 Å². The summed E-state index contributed by atoms with van der Waals surface area (Å²) in [4.78, 5) is 24.0. The normalized spacial score (nSPS) is 30.9. The van der Waals surface area contributed by atoms with Crippen molar-refractivity contribution in [2.45, 2.75) is 32.6 Å². The Kier molecular flexibility index (Phi) is 3.70. The molecule has 4 nitrogen and oxygen atoms in total. The lowest BCUT2D eigenvalue weighted by molar-refractivity contribution is -0.318. The first-order valence-electron chi connectivity index (χ1n) is 7.64. The van der Waals surface area contributed by atoms with Gasteiger partial charge in [0.2, 0.25) is 5.91 Å². The van der Waals surface area contributed by atoms with Crippen LogP contribution in [0.4, 0.5) is 5.69 Å². The first kappa shape index (κ1) is 14.1. The number of aryl methyl sites for hydroxylation is 1. The molecule has 2 atom stereocenters. The fourth-order valence-corrected chi connectivity index (χ4v) is 4.03. The average molecular weight is 286 g/mol. The predicted octanol–water partition coefficient (Wildman–Crippen LogP) is 1.74. The van der Waals surface area contributed by atoms with Gasteiger partial charge in [-0.25, -0.2) is 0 Å². The van der Waals surface area contributed by atoms with Crippen LogP contribution in [0.15, 0.2) is 24.3 Å². The van der Waals surface area contributed by atoms with E-state index in [1.54, 1.807) is 0 Å². The number of nitrogens with one attached hydrogen (secondary N) is 1. The van der Waals surface area contributed by atoms with Crippen molar-refractivity contribution in [3.63, 3.8) is 0 Å². The molecule has 0 spiro atoms. The van der Waals surface area contributed by atoms with E-state index in [9.17, 15) is 14.7 Å². The zero-order chi connectivity index (χ0) is 15.0. The number of carbonyl (C=O) groups is 2. The summed E-state index contributed by atoms with van der Waals surface area (Å²) < 4.78 is 0. The van der Waals surface area contributed by atoms with E-state index in [1.807, 2.05) is 31.2 Å². The van der Waals surface area contributed by atoms with E-state index in [2.05, 4.69) is 5.32 Å². The highest BCUT2D eigenvalue weighted by Gasteiger charge is 2.47. The second kappa shape index (κ2) is 5.51. The van der Waals surface area contributed by atoms with Gasteiger partial charge in [0, 0.05) is 23.5 Å². The maximum atomic E-state index is 12.6. The molecule has 21 heavy (non-hydrogen) atoms. The molecule has 4 rings (SSSR count). The van der Waals surface area contributed by atoms with Gasteiger partial charge in [0.1, 0.15) is 0 Å². The van der Waals surface area contributed by atoms with E-state index in [0.29, 0.717) is 0 Å². The largest absolute Gasteiger partial charge is 0.550 e. The number of rotatable bonds is 3. The molecule has 0 heterocycles. The summed E-state index contributed by atoms with van der Waals surface area (Å²) in [5, 5.41) is 14.3. The third-order valence-corrected chi connectivity index (χ3v) is 5.11. The molecule has 1 N–H and O–H groups in total. The van der Waals surface area contributed by atoms with Crippen LogP contribution < -0.4 is 10.4 Å². The minimum atomic E-state index is -1.06. The van der Waals surface area contributed by atoms with E-state index in [1.165, 1.54) is 0 Å². The topological polar surface area (TPSA) is 69.2 Å². The van der Waals surface area contributed by atoms with Crippen molar-refractivity contribution >= 4 is 17.6 Å². The highest BCUT2D eigenvalue weighted by Crippen LogP contribution is 2.49. The molecule has 0 aromatic heterocycles. The molecule has 112 valence electrons. The molecule has 3 saturated carbocycles. The van der Waals surface area contributed by atoms with E-state index in [0.717, 1.165) is 36.9 Å². The smallest absolute Gasteiger partial charge is 0.228 e. The van der Waals surface area contributed by atoms with Gasteiger partial charge in [0.15, 0.2) is 0 Å². The number of fused-ring (bicyclic) bond motifs is 3. The average Bonchev–Trinajstić information content (AvgIpc) is 2.49. The van der Waals surface area contributed by atoms with Crippen LogP contribution in [0.2, 0.25) is 0 Å². The Morgan fingerprint density at radius 2 is 1.52 bits per heavy atom. The van der Waals surface area contributed by atoms with Crippen LogP contribution in [0, 0.1) is 30.6 Å². The third kappa shape index (κ3) is 2.67. The van der Waals surface area contributed by atoms with Crippen LogP contribution >= 0.6 is 0 Å². The van der Waals surface area contributed by atoms with Gasteiger partial charge in [-0.1, -0.05) is 17.7 Å². The molecular formula is C17H20NO3-. The fraction of sp³-hybridized carbons (Fsp3) is 0.529. The maximum Gasteiger partial charge on any atom is 0.228 e. The number of benzene rings is 1. The SMILES string of the molecule is Cc1ccc(NC(=O)[C@@H]2C3CCC(CC3)[C@@H]2C(=O)[O-])cc1. The molecule has 0 unspecified atom stereocenters. The molecule has 2 bridgehead atoms. The van der Waals surface area contributed by atoms with Crippen molar-refractivity contribution in [2.75, 3.05) is 5.32 Å². The molecule has 3 aliphatic rings. The number of amides is 1. The first-order valence-corrected chi connectivity index (χ1v) is 7.64. The van der Waals surface area contributed by atoms with Gasteiger partial charge in [-0.05, 0) is 56.6 Å². The number of carboxylic acids is 1. The lowest BCUT2D eigenvalue weighted by Crippen LogP contribution is -2.52. The molecule has 1 aromatic carbocycles. The Morgan fingerprint density at radius 1 is 1.00 bits per heavy atom. The number of hydrogen-bond donors (Lipinski definition) is 1. The Balaban J connectivity index is 1.78. The molecule has 1 aromatic rings. The van der Waals surface area contributed by atoms with Crippen LogP contribution in [0.25, 0.3) is 0 Å². The van der Waals surface area contributed by atoms with Crippen LogP contribution in [0.5, 0.6) is 0 Å². The maximum absolute atomic E-state index is 12.6. The van der Waals surface area contributed by atoms with Crippen molar-refractivity contribution in [1.82, 2.24) is 0 Å². The van der Waals surface area contributed by atoms with Crippen molar-refractivity contribution in [3.8, 4) is 0 Å². The number of anilines is 1. The van der Waals surface area contributed by atoms with Crippen molar-refractivity contribution in [1.29, 1.82) is 0 Å². The van der Waals surface area contributed by atoms with Crippen molar-refractivity contribution in [3.05, 3.63) is 29.8 Å². The summed E-state index contributed by atoms with van der Waals surface area (Å²) in [6.07, 6.45) is 3.75. The molecule has 0 radical (unpaired) electrons. The first-order chi connectivity index (χ1) is 10.1. The van der Waals surface area contributed by atoms with E-state index >= 15 is 0 Å². The van der Waals surface area contributed by atoms with Crippen molar-refractivity contribution < 1.29 is 14.7 Å². The van der Waals surface area contributed by atoms with Crippen LogP contribution in [-0.4, -0.2) is 11.9 Å². The second-order valence-electron chi connectivity index (χ2n) is 6.40. The standard InChI is InChI=1S/C17H21NO3/c1-10-2-8-13(9-3-10)18-16(19)14-11-4-6-12(7-5-11)15(14)17(20)21/h2-3,8-9,11-12,14-15H,4-7H2,1H3,(H,18,19)(H,20,21)/p-1/t11?,12?,14-,15+/m1/s1. The highest BCUT2D eigenvalue weighted by atomic mass is 16.4. The predicted molar refractivity (Wildman–Crippen MR) is 77.2 cm³/mol. The second-order valence-corrected chi connectivity index (χ2v) is 6.40. The number of carboxylic acid groups (broad SMARTS) is 1. The Morgan fingerprint density at radius 3 is 2.05 bits per heavy atom. The minimum Gasteiger partial charge on any atom is -0.550 e. The van der Waals surface area contributed by atoms with Crippen LogP contribution in [-0.2, 0) is 9.59 Å². The molecule has 3 aliphatic carbocycles. The number of hydrogen-bond acceptors (Lipinski definition) is 3. The van der Waals surface area contributed by atoms with Gasteiger partial charge >= 0.3 is 0 Å². The van der Waals surface area contributed by atoms with E-state index < -0.39 is 17.8 Å². The van der Waals surface area contributed by atoms with Gasteiger partial charge in [0.05, 0.1) is 0 Å². The van der Waals surface area contributed by atoms with E-state index in [-0.39, 0.29) is 17.7 Å².